The number of hydrogen-bond acceptors (Lipinski definition) is 2. The molecule has 0 spiro atoms. The van der Waals surface area contributed by atoms with Crippen molar-refractivity contribution in [2.75, 3.05) is 19.6 Å². The number of likely N-dealkylation sites (tertiary alicyclic amines) is 1. The Morgan fingerprint density at radius 1 is 1.21 bits per heavy atom. The van der Waals surface area contributed by atoms with Gasteiger partial charge < -0.3 is 10.2 Å². The number of rotatable bonds is 2. The Morgan fingerprint density at radius 3 is 2.63 bits per heavy atom. The Labute approximate surface area is 111 Å². The lowest BCUT2D eigenvalue weighted by molar-refractivity contribution is -0.188. The summed E-state index contributed by atoms with van der Waals surface area (Å²) < 4.78 is 38.1. The molecule has 0 bridgehead atoms. The summed E-state index contributed by atoms with van der Waals surface area (Å²) in [5, 5.41) is 3.26. The fourth-order valence-corrected chi connectivity index (χ4v) is 2.91. The maximum Gasteiger partial charge on any atom is 0.393 e. The fourth-order valence-electron chi connectivity index (χ4n) is 2.91. The van der Waals surface area contributed by atoms with Crippen molar-refractivity contribution < 1.29 is 18.0 Å². The van der Waals surface area contributed by atoms with Crippen molar-refractivity contribution in [2.45, 2.75) is 50.7 Å². The molecule has 3 nitrogen and oxygen atoms in total. The highest BCUT2D eigenvalue weighted by Gasteiger charge is 2.42. The van der Waals surface area contributed by atoms with Crippen LogP contribution in [-0.4, -0.2) is 42.7 Å². The Kier molecular flexibility index (Phi) is 4.71. The summed E-state index contributed by atoms with van der Waals surface area (Å²) in [6.45, 7) is 1.22. The lowest BCUT2D eigenvalue weighted by atomic mass is 9.96. The average Bonchev–Trinajstić information content (AvgIpc) is 2.39. The number of carbonyl (C=O) groups excluding carboxylic acids is 1. The largest absolute Gasteiger partial charge is 0.393 e. The highest BCUT2D eigenvalue weighted by atomic mass is 19.4. The predicted octanol–water partition coefficient (Wildman–Crippen LogP) is 2.32. The van der Waals surface area contributed by atoms with E-state index in [0.717, 1.165) is 25.8 Å². The number of amides is 1. The number of nitrogens with one attached hydrogen (secondary N) is 1. The van der Waals surface area contributed by atoms with Crippen molar-refractivity contribution in [3.63, 3.8) is 0 Å². The third-order valence-corrected chi connectivity index (χ3v) is 4.07. The van der Waals surface area contributed by atoms with Gasteiger partial charge >= 0.3 is 6.18 Å². The number of halogens is 3. The minimum absolute atomic E-state index is 0.131. The zero-order chi connectivity index (χ0) is 13.9. The number of piperidine rings is 2. The summed E-state index contributed by atoms with van der Waals surface area (Å²) in [5.41, 5.74) is 0. The van der Waals surface area contributed by atoms with Crippen molar-refractivity contribution in [1.82, 2.24) is 10.2 Å². The van der Waals surface area contributed by atoms with Gasteiger partial charge in [0.1, 0.15) is 0 Å². The number of hydrogen-bond donors (Lipinski definition) is 1. The molecule has 1 amide bonds. The summed E-state index contributed by atoms with van der Waals surface area (Å²) in [5.74, 6) is -1.47. The predicted molar refractivity (Wildman–Crippen MR) is 65.6 cm³/mol. The normalized spacial score (nSPS) is 29.3. The van der Waals surface area contributed by atoms with Gasteiger partial charge in [-0.15, -0.1) is 0 Å². The van der Waals surface area contributed by atoms with Crippen LogP contribution in [-0.2, 0) is 4.79 Å². The Hall–Kier alpha value is -0.780. The monoisotopic (exact) mass is 278 g/mol. The maximum absolute atomic E-state index is 12.7. The van der Waals surface area contributed by atoms with Crippen LogP contribution in [0.4, 0.5) is 13.2 Å². The molecule has 0 radical (unpaired) electrons. The molecule has 6 heteroatoms. The average molecular weight is 278 g/mol. The number of carbonyl (C=O) groups is 1. The Balaban J connectivity index is 1.84. The van der Waals surface area contributed by atoms with E-state index in [9.17, 15) is 18.0 Å². The molecule has 110 valence electrons. The van der Waals surface area contributed by atoms with Gasteiger partial charge in [-0.1, -0.05) is 6.42 Å². The third-order valence-electron chi connectivity index (χ3n) is 4.07. The second-order valence-electron chi connectivity index (χ2n) is 5.57. The molecular weight excluding hydrogens is 257 g/mol. The molecule has 0 aromatic rings. The summed E-state index contributed by atoms with van der Waals surface area (Å²) in [4.78, 5) is 13.5. The minimum atomic E-state index is -4.18. The van der Waals surface area contributed by atoms with Crippen LogP contribution in [0.5, 0.6) is 0 Å². The van der Waals surface area contributed by atoms with E-state index in [4.69, 9.17) is 0 Å². The second kappa shape index (κ2) is 6.11. The Bertz CT molecular complexity index is 314. The van der Waals surface area contributed by atoms with Gasteiger partial charge in [0.2, 0.25) is 5.91 Å². The molecule has 0 saturated carbocycles. The van der Waals surface area contributed by atoms with E-state index < -0.39 is 12.1 Å². The van der Waals surface area contributed by atoms with Crippen LogP contribution in [0, 0.1) is 5.92 Å². The van der Waals surface area contributed by atoms with E-state index in [1.165, 1.54) is 4.90 Å². The first-order valence-corrected chi connectivity index (χ1v) is 7.04. The van der Waals surface area contributed by atoms with E-state index in [-0.39, 0.29) is 24.9 Å². The van der Waals surface area contributed by atoms with Crippen LogP contribution in [0.25, 0.3) is 0 Å². The van der Waals surface area contributed by atoms with E-state index >= 15 is 0 Å². The summed E-state index contributed by atoms with van der Waals surface area (Å²) >= 11 is 0. The molecule has 19 heavy (non-hydrogen) atoms. The number of alkyl halides is 3. The van der Waals surface area contributed by atoms with Crippen molar-refractivity contribution >= 4 is 5.91 Å². The molecule has 2 unspecified atom stereocenters. The second-order valence-corrected chi connectivity index (χ2v) is 5.57. The summed E-state index contributed by atoms with van der Waals surface area (Å²) in [6, 6.07) is 0.146. The third kappa shape index (κ3) is 4.09. The number of nitrogens with zero attached hydrogens (tertiary/aromatic N) is 1. The van der Waals surface area contributed by atoms with Crippen LogP contribution in [0.1, 0.15) is 38.5 Å². The van der Waals surface area contributed by atoms with Crippen LogP contribution in [0.2, 0.25) is 0 Å². The van der Waals surface area contributed by atoms with Crippen LogP contribution in [0.15, 0.2) is 0 Å². The molecule has 2 aliphatic rings. The zero-order valence-corrected chi connectivity index (χ0v) is 11.0. The molecule has 2 rings (SSSR count). The highest BCUT2D eigenvalue weighted by molar-refractivity contribution is 5.77. The molecular formula is C13H21F3N2O. The van der Waals surface area contributed by atoms with Crippen molar-refractivity contribution in [3.8, 4) is 0 Å². The lowest BCUT2D eigenvalue weighted by Crippen LogP contribution is -2.47. The standard InChI is InChI=1S/C13H21F3N2O/c14-13(15,16)10-4-3-7-18(9-10)12(19)8-11-5-1-2-6-17-11/h10-11,17H,1-9H2. The molecule has 2 fully saturated rings. The first kappa shape index (κ1) is 14.6. The molecule has 0 aliphatic carbocycles. The molecule has 2 aliphatic heterocycles. The highest BCUT2D eigenvalue weighted by Crippen LogP contribution is 2.33. The molecule has 2 saturated heterocycles. The van der Waals surface area contributed by atoms with Gasteiger partial charge in [0.05, 0.1) is 5.92 Å². The van der Waals surface area contributed by atoms with Gasteiger partial charge in [-0.2, -0.15) is 13.2 Å². The van der Waals surface area contributed by atoms with Crippen LogP contribution >= 0.6 is 0 Å². The molecule has 1 N–H and O–H groups in total. The van der Waals surface area contributed by atoms with E-state index in [2.05, 4.69) is 5.32 Å². The van der Waals surface area contributed by atoms with Crippen molar-refractivity contribution in [2.24, 2.45) is 5.92 Å². The van der Waals surface area contributed by atoms with Gasteiger partial charge in [0.15, 0.2) is 0 Å². The van der Waals surface area contributed by atoms with Crippen LogP contribution < -0.4 is 5.32 Å². The summed E-state index contributed by atoms with van der Waals surface area (Å²) in [6.07, 6.45) is -0.0848. The van der Waals surface area contributed by atoms with Crippen molar-refractivity contribution in [1.29, 1.82) is 0 Å². The van der Waals surface area contributed by atoms with Gasteiger partial charge in [-0.25, -0.2) is 0 Å². The quantitative estimate of drug-likeness (QED) is 0.840. The van der Waals surface area contributed by atoms with Gasteiger partial charge in [-0.3, -0.25) is 4.79 Å². The van der Waals surface area contributed by atoms with E-state index in [1.807, 2.05) is 0 Å². The van der Waals surface area contributed by atoms with Gasteiger partial charge in [-0.05, 0) is 32.2 Å². The molecule has 0 aromatic carbocycles. The first-order chi connectivity index (χ1) is 8.97. The Morgan fingerprint density at radius 2 is 2.00 bits per heavy atom. The van der Waals surface area contributed by atoms with Crippen molar-refractivity contribution in [3.05, 3.63) is 0 Å². The maximum atomic E-state index is 12.7. The minimum Gasteiger partial charge on any atom is -0.342 e. The van der Waals surface area contributed by atoms with Gasteiger partial charge in [0, 0.05) is 25.6 Å². The topological polar surface area (TPSA) is 32.3 Å². The SMILES string of the molecule is O=C(CC1CCCCN1)N1CCCC(C(F)(F)F)C1. The van der Waals surface area contributed by atoms with Gasteiger partial charge in [0.25, 0.3) is 0 Å². The zero-order valence-electron chi connectivity index (χ0n) is 11.0. The lowest BCUT2D eigenvalue weighted by Gasteiger charge is -2.35. The molecule has 2 heterocycles. The van der Waals surface area contributed by atoms with Crippen LogP contribution in [0.3, 0.4) is 0 Å². The smallest absolute Gasteiger partial charge is 0.342 e. The summed E-state index contributed by atoms with van der Waals surface area (Å²) in [7, 11) is 0. The van der Waals surface area contributed by atoms with E-state index in [0.29, 0.717) is 19.4 Å². The molecule has 2 atom stereocenters. The first-order valence-electron chi connectivity index (χ1n) is 7.04. The van der Waals surface area contributed by atoms with E-state index in [1.54, 1.807) is 0 Å². The molecule has 0 aromatic heterocycles. The fraction of sp³-hybridized carbons (Fsp3) is 0.923.